The third kappa shape index (κ3) is 3.92. The van der Waals surface area contributed by atoms with E-state index in [1.165, 1.54) is 0 Å². The number of aryl methyl sites for hydroxylation is 1. The van der Waals surface area contributed by atoms with Crippen LogP contribution < -0.4 is 15.7 Å². The fourth-order valence-corrected chi connectivity index (χ4v) is 1.68. The Kier molecular flexibility index (Phi) is 4.71. The van der Waals surface area contributed by atoms with Crippen molar-refractivity contribution in [2.24, 2.45) is 5.10 Å². The molecule has 0 saturated heterocycles. The largest absolute Gasteiger partial charge is 0.494 e. The predicted octanol–water partition coefficient (Wildman–Crippen LogP) is 2.23. The molecular formula is C15H18N4O2. The molecule has 0 saturated carbocycles. The Bertz CT molecular complexity index is 690. The second kappa shape index (κ2) is 6.69. The molecule has 0 radical (unpaired) electrons. The maximum atomic E-state index is 11.6. The molecule has 0 bridgehead atoms. The highest BCUT2D eigenvalue weighted by Crippen LogP contribution is 2.10. The number of ether oxygens (including phenoxy) is 1. The van der Waals surface area contributed by atoms with E-state index >= 15 is 0 Å². The molecule has 1 heterocycles. The minimum absolute atomic E-state index is 0.165. The Morgan fingerprint density at radius 1 is 1.33 bits per heavy atom. The van der Waals surface area contributed by atoms with E-state index in [4.69, 9.17) is 4.74 Å². The van der Waals surface area contributed by atoms with Gasteiger partial charge in [-0.2, -0.15) is 5.10 Å². The molecule has 2 aromatic rings. The molecule has 2 rings (SSSR count). The zero-order valence-electron chi connectivity index (χ0n) is 12.3. The van der Waals surface area contributed by atoms with E-state index in [1.54, 1.807) is 20.1 Å². The second-order valence-electron chi connectivity index (χ2n) is 4.50. The monoisotopic (exact) mass is 286 g/mol. The van der Waals surface area contributed by atoms with Crippen LogP contribution in [0.25, 0.3) is 0 Å². The normalized spacial score (nSPS) is 10.8. The number of aromatic amines is 1. The molecule has 0 aliphatic heterocycles. The van der Waals surface area contributed by atoms with Gasteiger partial charge in [0.05, 0.1) is 12.8 Å². The summed E-state index contributed by atoms with van der Waals surface area (Å²) in [6.07, 6.45) is 1.64. The maximum Gasteiger partial charge on any atom is 0.255 e. The van der Waals surface area contributed by atoms with E-state index in [9.17, 15) is 4.79 Å². The summed E-state index contributed by atoms with van der Waals surface area (Å²) < 4.78 is 5.36. The van der Waals surface area contributed by atoms with Crippen LogP contribution in [0.4, 0.5) is 5.95 Å². The van der Waals surface area contributed by atoms with Gasteiger partial charge in [-0.05, 0) is 50.6 Å². The number of hydrogen-bond acceptors (Lipinski definition) is 5. The van der Waals surface area contributed by atoms with Gasteiger partial charge in [-0.3, -0.25) is 9.78 Å². The Labute approximate surface area is 122 Å². The standard InChI is InChI=1S/C15H18N4O2/c1-4-21-13-7-5-12(6-8-13)9-16-19-15-17-11(3)10(2)14(20)18-15/h5-9H,4H2,1-3H3,(H2,17,18,19,20)/b16-9-. The summed E-state index contributed by atoms with van der Waals surface area (Å²) in [4.78, 5) is 18.4. The fraction of sp³-hybridized carbons (Fsp3) is 0.267. The smallest absolute Gasteiger partial charge is 0.255 e. The molecule has 0 fully saturated rings. The van der Waals surface area contributed by atoms with Gasteiger partial charge in [0.1, 0.15) is 5.75 Å². The van der Waals surface area contributed by atoms with Crippen LogP contribution >= 0.6 is 0 Å². The minimum atomic E-state index is -0.165. The number of nitrogens with one attached hydrogen (secondary N) is 2. The van der Waals surface area contributed by atoms with E-state index < -0.39 is 0 Å². The Balaban J connectivity index is 2.03. The average Bonchev–Trinajstić information content (AvgIpc) is 2.47. The number of rotatable bonds is 5. The summed E-state index contributed by atoms with van der Waals surface area (Å²) in [5, 5.41) is 4.05. The van der Waals surface area contributed by atoms with Crippen molar-refractivity contribution in [3.63, 3.8) is 0 Å². The van der Waals surface area contributed by atoms with Crippen molar-refractivity contribution in [2.45, 2.75) is 20.8 Å². The molecule has 0 unspecified atom stereocenters. The Morgan fingerprint density at radius 3 is 2.67 bits per heavy atom. The first-order valence-electron chi connectivity index (χ1n) is 6.69. The van der Waals surface area contributed by atoms with Crippen LogP contribution in [-0.4, -0.2) is 22.8 Å². The van der Waals surface area contributed by atoms with Crippen molar-refractivity contribution in [2.75, 3.05) is 12.0 Å². The molecule has 2 N–H and O–H groups in total. The fourth-order valence-electron chi connectivity index (χ4n) is 1.68. The van der Waals surface area contributed by atoms with E-state index in [-0.39, 0.29) is 5.56 Å². The average molecular weight is 286 g/mol. The lowest BCUT2D eigenvalue weighted by Gasteiger charge is -2.03. The molecule has 0 amide bonds. The zero-order chi connectivity index (χ0) is 15.2. The first kappa shape index (κ1) is 14.8. The second-order valence-corrected chi connectivity index (χ2v) is 4.50. The van der Waals surface area contributed by atoms with Crippen LogP contribution in [0.1, 0.15) is 23.7 Å². The van der Waals surface area contributed by atoms with Crippen molar-refractivity contribution in [1.29, 1.82) is 0 Å². The van der Waals surface area contributed by atoms with Gasteiger partial charge in [0.2, 0.25) is 5.95 Å². The summed E-state index contributed by atoms with van der Waals surface area (Å²) in [7, 11) is 0. The summed E-state index contributed by atoms with van der Waals surface area (Å²) >= 11 is 0. The van der Waals surface area contributed by atoms with E-state index in [0.717, 1.165) is 11.3 Å². The highest BCUT2D eigenvalue weighted by Gasteiger charge is 2.01. The molecule has 6 nitrogen and oxygen atoms in total. The first-order chi connectivity index (χ1) is 10.1. The van der Waals surface area contributed by atoms with Gasteiger partial charge in [-0.15, -0.1) is 0 Å². The van der Waals surface area contributed by atoms with Crippen molar-refractivity contribution >= 4 is 12.2 Å². The summed E-state index contributed by atoms with van der Waals surface area (Å²) in [5.41, 5.74) is 4.75. The topological polar surface area (TPSA) is 79.4 Å². The van der Waals surface area contributed by atoms with Gasteiger partial charge >= 0.3 is 0 Å². The molecule has 0 spiro atoms. The highest BCUT2D eigenvalue weighted by atomic mass is 16.5. The minimum Gasteiger partial charge on any atom is -0.494 e. The number of H-pyrrole nitrogens is 1. The molecule has 1 aromatic heterocycles. The Morgan fingerprint density at radius 2 is 2.05 bits per heavy atom. The van der Waals surface area contributed by atoms with Crippen LogP contribution in [0.5, 0.6) is 5.75 Å². The summed E-state index contributed by atoms with van der Waals surface area (Å²) in [6.45, 7) is 6.09. The van der Waals surface area contributed by atoms with Gasteiger partial charge < -0.3 is 4.74 Å². The lowest BCUT2D eigenvalue weighted by molar-refractivity contribution is 0.340. The van der Waals surface area contributed by atoms with Gasteiger partial charge in [0, 0.05) is 11.3 Å². The molecule has 0 aliphatic rings. The third-order valence-electron chi connectivity index (χ3n) is 2.97. The van der Waals surface area contributed by atoms with Crippen molar-refractivity contribution in [1.82, 2.24) is 9.97 Å². The molecule has 21 heavy (non-hydrogen) atoms. The quantitative estimate of drug-likeness (QED) is 0.652. The van der Waals surface area contributed by atoms with Gasteiger partial charge in [0.15, 0.2) is 0 Å². The molecule has 0 atom stereocenters. The van der Waals surface area contributed by atoms with Gasteiger partial charge in [0.25, 0.3) is 5.56 Å². The molecular weight excluding hydrogens is 268 g/mol. The molecule has 1 aromatic carbocycles. The van der Waals surface area contributed by atoms with E-state index in [2.05, 4.69) is 20.5 Å². The van der Waals surface area contributed by atoms with Crippen LogP contribution in [0.3, 0.4) is 0 Å². The number of benzene rings is 1. The lowest BCUT2D eigenvalue weighted by atomic mass is 10.2. The SMILES string of the molecule is CCOc1ccc(/C=N\Nc2nc(C)c(C)c(=O)[nH]2)cc1. The number of aromatic nitrogens is 2. The van der Waals surface area contributed by atoms with Crippen molar-refractivity contribution in [3.8, 4) is 5.75 Å². The first-order valence-corrected chi connectivity index (χ1v) is 6.69. The van der Waals surface area contributed by atoms with Crippen LogP contribution in [0.2, 0.25) is 0 Å². The van der Waals surface area contributed by atoms with Gasteiger partial charge in [-0.25, -0.2) is 10.4 Å². The number of hydrogen-bond donors (Lipinski definition) is 2. The molecule has 110 valence electrons. The Hall–Kier alpha value is -2.63. The lowest BCUT2D eigenvalue weighted by Crippen LogP contribution is -2.15. The summed E-state index contributed by atoms with van der Waals surface area (Å²) in [5.74, 6) is 1.15. The number of nitrogens with zero attached hydrogens (tertiary/aromatic N) is 2. The van der Waals surface area contributed by atoms with Gasteiger partial charge in [-0.1, -0.05) is 0 Å². The maximum absolute atomic E-state index is 11.6. The third-order valence-corrected chi connectivity index (χ3v) is 2.97. The van der Waals surface area contributed by atoms with E-state index in [0.29, 0.717) is 23.8 Å². The molecule has 6 heteroatoms. The van der Waals surface area contributed by atoms with E-state index in [1.807, 2.05) is 31.2 Å². The van der Waals surface area contributed by atoms with Crippen LogP contribution in [0, 0.1) is 13.8 Å². The van der Waals surface area contributed by atoms with Crippen LogP contribution in [0.15, 0.2) is 34.2 Å². The predicted molar refractivity (Wildman–Crippen MR) is 83.2 cm³/mol. The summed E-state index contributed by atoms with van der Waals surface area (Å²) in [6, 6.07) is 7.54. The van der Waals surface area contributed by atoms with Crippen molar-refractivity contribution in [3.05, 3.63) is 51.4 Å². The number of anilines is 1. The highest BCUT2D eigenvalue weighted by molar-refractivity contribution is 5.80. The van der Waals surface area contributed by atoms with Crippen molar-refractivity contribution < 1.29 is 4.74 Å². The number of hydrazone groups is 1. The van der Waals surface area contributed by atoms with Crippen LogP contribution in [-0.2, 0) is 0 Å². The molecule has 0 aliphatic carbocycles. The zero-order valence-corrected chi connectivity index (χ0v) is 12.3.